The maximum absolute atomic E-state index is 7.50. The summed E-state index contributed by atoms with van der Waals surface area (Å²) in [6, 6.07) is 44.0. The van der Waals surface area contributed by atoms with Crippen molar-refractivity contribution in [3.8, 4) is 0 Å². The molecule has 4 aromatic rings. The predicted octanol–water partition coefficient (Wildman–Crippen LogP) is 6.76. The molecule has 0 amide bonds. The number of rotatable bonds is 7. The molecule has 0 bridgehead atoms. The van der Waals surface area contributed by atoms with Crippen LogP contribution in [-0.2, 0) is 4.52 Å². The summed E-state index contributed by atoms with van der Waals surface area (Å²) in [5, 5.41) is 4.01. The van der Waals surface area contributed by atoms with Gasteiger partial charge in [-0.3, -0.25) is 0 Å². The van der Waals surface area contributed by atoms with E-state index in [0.29, 0.717) is 5.66 Å². The van der Waals surface area contributed by atoms with E-state index in [1.54, 1.807) is 0 Å². The molecule has 1 aliphatic rings. The number of hydrogen-bond donors (Lipinski definition) is 0. The van der Waals surface area contributed by atoms with Crippen LogP contribution in [0.25, 0.3) is 0 Å². The Labute approximate surface area is 192 Å². The summed E-state index contributed by atoms with van der Waals surface area (Å²) in [6.45, 7) is -0.864. The monoisotopic (exact) mass is 438 g/mol. The summed E-state index contributed by atoms with van der Waals surface area (Å²) < 4.78 is 7.50. The van der Waals surface area contributed by atoms with Gasteiger partial charge in [-0.1, -0.05) is 0 Å². The van der Waals surface area contributed by atoms with E-state index >= 15 is 0 Å². The van der Waals surface area contributed by atoms with Crippen molar-refractivity contribution >= 4 is 22.7 Å². The van der Waals surface area contributed by atoms with Crippen LogP contribution >= 0.6 is 6.83 Å². The zero-order valence-corrected chi connectivity index (χ0v) is 19.6. The van der Waals surface area contributed by atoms with Gasteiger partial charge in [0.15, 0.2) is 0 Å². The van der Waals surface area contributed by atoms with Crippen molar-refractivity contribution < 1.29 is 4.52 Å². The third-order valence-electron chi connectivity index (χ3n) is 7.10. The zero-order valence-electron chi connectivity index (χ0n) is 18.7. The maximum atomic E-state index is 7.50. The van der Waals surface area contributed by atoms with Crippen LogP contribution in [-0.4, -0.2) is 5.66 Å². The van der Waals surface area contributed by atoms with Crippen molar-refractivity contribution in [2.75, 3.05) is 0 Å². The van der Waals surface area contributed by atoms with Crippen molar-refractivity contribution in [2.24, 2.45) is 0 Å². The average molecular weight is 439 g/mol. The van der Waals surface area contributed by atoms with E-state index in [0.717, 1.165) is 6.42 Å². The predicted molar refractivity (Wildman–Crippen MR) is 139 cm³/mol. The second-order valence-electron chi connectivity index (χ2n) is 8.75. The molecule has 4 aromatic carbocycles. The molecule has 1 saturated heterocycles. The molecule has 0 unspecified atom stereocenters. The second-order valence-corrected chi connectivity index (χ2v) is 13.4. The summed E-state index contributed by atoms with van der Waals surface area (Å²) in [5.74, 6) is 0. The van der Waals surface area contributed by atoms with Gasteiger partial charge < -0.3 is 0 Å². The molecule has 32 heavy (non-hydrogen) atoms. The van der Waals surface area contributed by atoms with Crippen molar-refractivity contribution in [1.29, 1.82) is 0 Å². The molecule has 1 aliphatic heterocycles. The number of hydrogen-bond acceptors (Lipinski definition) is 1. The van der Waals surface area contributed by atoms with Gasteiger partial charge in [0.05, 0.1) is 0 Å². The molecule has 0 radical (unpaired) electrons. The molecule has 5 rings (SSSR count). The average Bonchev–Trinajstić information content (AvgIpc) is 2.87. The molecule has 0 aromatic heterocycles. The molecule has 0 spiro atoms. The molecular formula is C30H31OP. The van der Waals surface area contributed by atoms with Gasteiger partial charge in [-0.05, 0) is 0 Å². The Morgan fingerprint density at radius 3 is 1.41 bits per heavy atom. The van der Waals surface area contributed by atoms with Crippen molar-refractivity contribution in [3.05, 3.63) is 127 Å². The molecule has 1 nitrogen and oxygen atoms in total. The topological polar surface area (TPSA) is 9.23 Å². The van der Waals surface area contributed by atoms with Gasteiger partial charge in [0.25, 0.3) is 0 Å². The normalized spacial score (nSPS) is 22.2. The van der Waals surface area contributed by atoms with E-state index in [4.69, 9.17) is 4.52 Å². The van der Waals surface area contributed by atoms with Crippen molar-refractivity contribution in [3.63, 3.8) is 0 Å². The molecule has 0 saturated carbocycles. The fourth-order valence-corrected chi connectivity index (χ4v) is 12.5. The molecule has 162 valence electrons. The Kier molecular flexibility index (Phi) is 5.72. The van der Waals surface area contributed by atoms with Gasteiger partial charge in [0.2, 0.25) is 0 Å². The molecule has 1 fully saturated rings. The fraction of sp³-hybridized carbons (Fsp3) is 0.200. The van der Waals surface area contributed by atoms with Crippen LogP contribution in [0.3, 0.4) is 0 Å². The van der Waals surface area contributed by atoms with Crippen LogP contribution in [0.4, 0.5) is 0 Å². The Hall–Kier alpha value is -2.73. The minimum absolute atomic E-state index is 0.0982. The Balaban J connectivity index is 1.84. The fourth-order valence-electron chi connectivity index (χ4n) is 5.69. The van der Waals surface area contributed by atoms with E-state index in [1.165, 1.54) is 34.3 Å². The standard InChI is InChI=1S/C30H31OP/c1-2-3-24-29-30(25-16-8-4-9-17-25)31-32(29,26-18-10-5-11-19-26,27-20-12-6-13-21-27)28-22-14-7-15-23-28/h4-23,29-30H,2-3,24H2,1H3/t29-,30-/m1/s1. The summed E-state index contributed by atoms with van der Waals surface area (Å²) in [4.78, 5) is 0. The van der Waals surface area contributed by atoms with Gasteiger partial charge in [-0.2, -0.15) is 0 Å². The Bertz CT molecular complexity index is 1040. The SMILES string of the molecule is CCCC[C@@H]1[C@@H](c2ccccc2)OP1(c1ccccc1)(c1ccccc1)c1ccccc1. The first-order chi connectivity index (χ1) is 15.8. The first kappa shape index (κ1) is 21.1. The summed E-state index contributed by atoms with van der Waals surface area (Å²) in [6.07, 6.45) is 3.62. The van der Waals surface area contributed by atoms with Gasteiger partial charge >= 0.3 is 192 Å². The Morgan fingerprint density at radius 2 is 1.00 bits per heavy atom. The van der Waals surface area contributed by atoms with Gasteiger partial charge in [-0.25, -0.2) is 0 Å². The van der Waals surface area contributed by atoms with Crippen LogP contribution in [0.1, 0.15) is 37.9 Å². The van der Waals surface area contributed by atoms with Crippen LogP contribution in [0.5, 0.6) is 0 Å². The molecule has 0 aliphatic carbocycles. The number of unbranched alkanes of at least 4 members (excludes halogenated alkanes) is 1. The first-order valence-electron chi connectivity index (χ1n) is 11.7. The van der Waals surface area contributed by atoms with Gasteiger partial charge in [0.1, 0.15) is 0 Å². The summed E-state index contributed by atoms with van der Waals surface area (Å²) >= 11 is 0. The third-order valence-corrected chi connectivity index (χ3v) is 13.5. The van der Waals surface area contributed by atoms with E-state index in [-0.39, 0.29) is 6.10 Å². The van der Waals surface area contributed by atoms with Crippen molar-refractivity contribution in [1.82, 2.24) is 0 Å². The van der Waals surface area contributed by atoms with E-state index in [9.17, 15) is 0 Å². The van der Waals surface area contributed by atoms with Crippen LogP contribution in [0.2, 0.25) is 0 Å². The van der Waals surface area contributed by atoms with Gasteiger partial charge in [-0.15, -0.1) is 0 Å². The van der Waals surface area contributed by atoms with E-state index < -0.39 is 6.83 Å². The van der Waals surface area contributed by atoms with Crippen LogP contribution in [0.15, 0.2) is 121 Å². The minimum atomic E-state index is -3.16. The van der Waals surface area contributed by atoms with Gasteiger partial charge in [0, 0.05) is 0 Å². The molecule has 2 heteroatoms. The summed E-state index contributed by atoms with van der Waals surface area (Å²) in [7, 11) is 0. The summed E-state index contributed by atoms with van der Waals surface area (Å²) in [5.41, 5.74) is 1.69. The molecule has 1 heterocycles. The second kappa shape index (κ2) is 8.66. The Morgan fingerprint density at radius 1 is 0.594 bits per heavy atom. The van der Waals surface area contributed by atoms with Crippen molar-refractivity contribution in [2.45, 2.75) is 37.9 Å². The molecular weight excluding hydrogens is 407 g/mol. The quantitative estimate of drug-likeness (QED) is 0.290. The van der Waals surface area contributed by atoms with Crippen LogP contribution < -0.4 is 15.9 Å². The number of benzene rings is 4. The first-order valence-corrected chi connectivity index (χ1v) is 14.0. The third kappa shape index (κ3) is 2.99. The van der Waals surface area contributed by atoms with E-state index in [1.807, 2.05) is 0 Å². The van der Waals surface area contributed by atoms with E-state index in [2.05, 4.69) is 128 Å². The zero-order chi connectivity index (χ0) is 21.9. The van der Waals surface area contributed by atoms with Crippen LogP contribution in [0, 0.1) is 0 Å². The molecule has 0 N–H and O–H groups in total. The molecule has 2 atom stereocenters.